The molecule has 0 spiro atoms. The third kappa shape index (κ3) is 4.60. The Morgan fingerprint density at radius 1 is 1.14 bits per heavy atom. The van der Waals surface area contributed by atoms with E-state index in [1.807, 2.05) is 0 Å². The number of rotatable bonds is 4. The summed E-state index contributed by atoms with van der Waals surface area (Å²) in [7, 11) is 2.77. The Morgan fingerprint density at radius 3 is 2.38 bits per heavy atom. The van der Waals surface area contributed by atoms with Crippen molar-refractivity contribution in [3.05, 3.63) is 50.7 Å². The molecule has 8 heteroatoms. The van der Waals surface area contributed by atoms with Crippen molar-refractivity contribution < 1.29 is 23.0 Å². The molecule has 1 aliphatic heterocycles. The molecular formula is C13H10ClF3O2S2. The zero-order valence-electron chi connectivity index (χ0n) is 10.5. The summed E-state index contributed by atoms with van der Waals surface area (Å²) in [5.74, 6) is -0.00470. The number of benzene rings is 1. The Hall–Kier alpha value is -0.760. The molecule has 0 radical (unpaired) electrons. The fourth-order valence-corrected chi connectivity index (χ4v) is 3.51. The van der Waals surface area contributed by atoms with Gasteiger partial charge in [-0.3, -0.25) is 0 Å². The Kier molecular flexibility index (Phi) is 5.54. The predicted molar refractivity (Wildman–Crippen MR) is 80.4 cm³/mol. The summed E-state index contributed by atoms with van der Waals surface area (Å²) in [4.78, 5) is 1.63. The molecule has 0 bridgehead atoms. The molecule has 1 aromatic rings. The predicted octanol–water partition coefficient (Wildman–Crippen LogP) is 4.89. The molecule has 0 atom stereocenters. The topological polar surface area (TPSA) is 29.5 Å². The summed E-state index contributed by atoms with van der Waals surface area (Å²) < 4.78 is 43.2. The van der Waals surface area contributed by atoms with Crippen molar-refractivity contribution in [2.75, 3.05) is 13.2 Å². The second-order valence-electron chi connectivity index (χ2n) is 4.02. The van der Waals surface area contributed by atoms with Gasteiger partial charge in [0, 0.05) is 9.81 Å². The molecule has 0 saturated carbocycles. The van der Waals surface area contributed by atoms with Crippen molar-refractivity contribution >= 4 is 33.2 Å². The number of hydrogen-bond acceptors (Lipinski definition) is 4. The van der Waals surface area contributed by atoms with Crippen LogP contribution >= 0.6 is 33.2 Å². The first-order valence-electron chi connectivity index (χ1n) is 5.75. The summed E-state index contributed by atoms with van der Waals surface area (Å²) in [5.41, 5.74) is -0.802. The molecule has 0 saturated heterocycles. The summed E-state index contributed by atoms with van der Waals surface area (Å²) in [5, 5.41) is 9.07. The largest absolute Gasteiger partial charge is 0.487 e. The van der Waals surface area contributed by atoms with Crippen molar-refractivity contribution in [2.24, 2.45) is 0 Å². The lowest BCUT2D eigenvalue weighted by Crippen LogP contribution is -2.06. The van der Waals surface area contributed by atoms with Crippen LogP contribution in [0.25, 0.3) is 0 Å². The standard InChI is InChI=1S/C13H10ClF3O2S2/c14-11-4-1-8(13(15,16)17)5-12(11)19-7-10-3-2-9(6-18)20-21-10/h1-5,18H,6-7H2. The molecular weight excluding hydrogens is 345 g/mol. The molecule has 0 aliphatic carbocycles. The number of alkyl halides is 3. The van der Waals surface area contributed by atoms with Gasteiger partial charge < -0.3 is 9.84 Å². The summed E-state index contributed by atoms with van der Waals surface area (Å²) in [6.07, 6.45) is -0.933. The van der Waals surface area contributed by atoms with Crippen LogP contribution in [0.15, 0.2) is 40.2 Å². The molecule has 114 valence electrons. The first-order chi connectivity index (χ1) is 9.90. The third-order valence-electron chi connectivity index (χ3n) is 2.50. The van der Waals surface area contributed by atoms with Gasteiger partial charge in [0.15, 0.2) is 0 Å². The number of hydrogen-bond donors (Lipinski definition) is 1. The van der Waals surface area contributed by atoms with Crippen LogP contribution in [0, 0.1) is 0 Å². The first-order valence-corrected chi connectivity index (χ1v) is 8.27. The third-order valence-corrected chi connectivity index (χ3v) is 5.37. The summed E-state index contributed by atoms with van der Waals surface area (Å²) >= 11 is 5.84. The van der Waals surface area contributed by atoms with Crippen LogP contribution in [0.5, 0.6) is 5.75 Å². The Balaban J connectivity index is 2.07. The molecule has 1 aromatic carbocycles. The number of allylic oxidation sites excluding steroid dienone is 2. The lowest BCUT2D eigenvalue weighted by atomic mass is 10.2. The number of ether oxygens (including phenoxy) is 1. The van der Waals surface area contributed by atoms with Gasteiger partial charge in [0.05, 0.1) is 17.2 Å². The maximum absolute atomic E-state index is 12.6. The minimum atomic E-state index is -4.43. The van der Waals surface area contributed by atoms with Crippen LogP contribution in [0.4, 0.5) is 13.2 Å². The maximum atomic E-state index is 12.6. The highest BCUT2D eigenvalue weighted by Gasteiger charge is 2.31. The van der Waals surface area contributed by atoms with Gasteiger partial charge in [0.1, 0.15) is 12.4 Å². The maximum Gasteiger partial charge on any atom is 0.416 e. The smallest absolute Gasteiger partial charge is 0.416 e. The van der Waals surface area contributed by atoms with Crippen molar-refractivity contribution in [1.82, 2.24) is 0 Å². The fraction of sp³-hybridized carbons (Fsp3) is 0.231. The van der Waals surface area contributed by atoms with Crippen LogP contribution in [0.2, 0.25) is 5.02 Å². The molecule has 0 unspecified atom stereocenters. The lowest BCUT2D eigenvalue weighted by molar-refractivity contribution is -0.137. The molecule has 0 fully saturated rings. The number of aliphatic hydroxyl groups excluding tert-OH is 1. The minimum Gasteiger partial charge on any atom is -0.487 e. The zero-order chi connectivity index (χ0) is 15.5. The fourth-order valence-electron chi connectivity index (χ4n) is 1.44. The molecule has 2 rings (SSSR count). The van der Waals surface area contributed by atoms with Crippen LogP contribution in [0.3, 0.4) is 0 Å². The average Bonchev–Trinajstić information content (AvgIpc) is 2.45. The molecule has 0 amide bonds. The van der Waals surface area contributed by atoms with E-state index in [1.54, 1.807) is 12.2 Å². The highest BCUT2D eigenvalue weighted by atomic mass is 35.5. The first kappa shape index (κ1) is 16.6. The molecule has 0 aromatic heterocycles. The Labute approximate surface area is 132 Å². The van der Waals surface area contributed by atoms with E-state index >= 15 is 0 Å². The summed E-state index contributed by atoms with van der Waals surface area (Å²) in [6, 6.07) is 2.97. The molecule has 1 N–H and O–H groups in total. The average molecular weight is 355 g/mol. The van der Waals surface area contributed by atoms with E-state index in [0.29, 0.717) is 0 Å². The highest BCUT2D eigenvalue weighted by Crippen LogP contribution is 2.40. The zero-order valence-corrected chi connectivity index (χ0v) is 12.9. The van der Waals surface area contributed by atoms with Crippen molar-refractivity contribution in [3.63, 3.8) is 0 Å². The monoisotopic (exact) mass is 354 g/mol. The van der Waals surface area contributed by atoms with Gasteiger partial charge in [-0.2, -0.15) is 13.2 Å². The van der Waals surface area contributed by atoms with Crippen molar-refractivity contribution in [2.45, 2.75) is 6.18 Å². The molecule has 1 heterocycles. The minimum absolute atomic E-state index is 0.00470. The van der Waals surface area contributed by atoms with Crippen molar-refractivity contribution in [3.8, 4) is 5.75 Å². The van der Waals surface area contributed by atoms with E-state index in [4.69, 9.17) is 21.4 Å². The normalized spacial score (nSPS) is 15.5. The van der Waals surface area contributed by atoms with E-state index in [0.717, 1.165) is 21.9 Å². The Morgan fingerprint density at radius 2 is 1.81 bits per heavy atom. The van der Waals surface area contributed by atoms with Gasteiger partial charge in [0.25, 0.3) is 0 Å². The van der Waals surface area contributed by atoms with Crippen LogP contribution < -0.4 is 4.74 Å². The van der Waals surface area contributed by atoms with Crippen LogP contribution in [0.1, 0.15) is 5.56 Å². The van der Waals surface area contributed by atoms with E-state index < -0.39 is 11.7 Å². The van der Waals surface area contributed by atoms with Gasteiger partial charge >= 0.3 is 6.18 Å². The van der Waals surface area contributed by atoms with E-state index in [-0.39, 0.29) is 24.0 Å². The number of halogens is 4. The van der Waals surface area contributed by atoms with Gasteiger partial charge in [-0.15, -0.1) is 0 Å². The molecule has 21 heavy (non-hydrogen) atoms. The second kappa shape index (κ2) is 7.00. The van der Waals surface area contributed by atoms with Crippen LogP contribution in [-0.4, -0.2) is 18.3 Å². The van der Waals surface area contributed by atoms with Crippen molar-refractivity contribution in [1.29, 1.82) is 0 Å². The van der Waals surface area contributed by atoms with Gasteiger partial charge in [-0.05, 0) is 30.4 Å². The number of aliphatic hydroxyl groups is 1. The van der Waals surface area contributed by atoms with Gasteiger partial charge in [0.2, 0.25) is 0 Å². The van der Waals surface area contributed by atoms with Gasteiger partial charge in [-0.25, -0.2) is 0 Å². The SMILES string of the molecule is OCC1=CC=C(COc2cc(C(F)(F)F)ccc2Cl)SS1. The lowest BCUT2D eigenvalue weighted by Gasteiger charge is -2.15. The van der Waals surface area contributed by atoms with Crippen LogP contribution in [-0.2, 0) is 6.18 Å². The quantitative estimate of drug-likeness (QED) is 0.779. The molecule has 1 aliphatic rings. The highest BCUT2D eigenvalue weighted by molar-refractivity contribution is 8.79. The molecule has 2 nitrogen and oxygen atoms in total. The second-order valence-corrected chi connectivity index (χ2v) is 6.81. The Bertz CT molecular complexity index is 585. The van der Waals surface area contributed by atoms with Gasteiger partial charge in [-0.1, -0.05) is 33.2 Å². The summed E-state index contributed by atoms with van der Waals surface area (Å²) in [6.45, 7) is 0.0790. The van der Waals surface area contributed by atoms with E-state index in [1.165, 1.54) is 27.7 Å². The van der Waals surface area contributed by atoms with E-state index in [2.05, 4.69) is 0 Å². The van der Waals surface area contributed by atoms with E-state index in [9.17, 15) is 13.2 Å².